The number of nitrogens with one attached hydrogen (secondary N) is 1. The Morgan fingerprint density at radius 1 is 1.05 bits per heavy atom. The minimum absolute atomic E-state index is 0.186. The minimum atomic E-state index is -0.186. The van der Waals surface area contributed by atoms with Crippen LogP contribution in [0.5, 0.6) is 11.5 Å². The molecule has 0 saturated carbocycles. The van der Waals surface area contributed by atoms with Crippen molar-refractivity contribution in [1.29, 1.82) is 0 Å². The third-order valence-corrected chi connectivity index (χ3v) is 6.31. The van der Waals surface area contributed by atoms with Crippen LogP contribution >= 0.6 is 0 Å². The highest BCUT2D eigenvalue weighted by atomic mass is 16.5. The van der Waals surface area contributed by atoms with Crippen molar-refractivity contribution in [2.45, 2.75) is 6.42 Å². The van der Waals surface area contributed by atoms with E-state index in [0.717, 1.165) is 56.1 Å². The molecule has 0 bridgehead atoms. The summed E-state index contributed by atoms with van der Waals surface area (Å²) >= 11 is 0. The Morgan fingerprint density at radius 3 is 2.59 bits per heavy atom. The van der Waals surface area contributed by atoms with Crippen LogP contribution in [0.1, 0.15) is 11.1 Å². The van der Waals surface area contributed by atoms with Crippen LogP contribution in [-0.2, 0) is 11.2 Å². The molecule has 1 aromatic heterocycles. The van der Waals surface area contributed by atoms with E-state index in [2.05, 4.69) is 44.9 Å². The van der Waals surface area contributed by atoms with E-state index in [0.29, 0.717) is 18.1 Å². The number of carbonyl (C=O) groups is 1. The summed E-state index contributed by atoms with van der Waals surface area (Å²) in [7, 11) is 1.59. The Labute approximate surface area is 219 Å². The molecule has 7 heteroatoms. The first-order valence-electron chi connectivity index (χ1n) is 12.5. The van der Waals surface area contributed by atoms with Crippen molar-refractivity contribution in [3.8, 4) is 11.5 Å². The summed E-state index contributed by atoms with van der Waals surface area (Å²) < 4.78 is 11.0. The number of hydrogen-bond acceptors (Lipinski definition) is 6. The molecular weight excluding hydrogens is 464 g/mol. The maximum atomic E-state index is 12.8. The average molecular weight is 499 g/mol. The zero-order valence-electron chi connectivity index (χ0n) is 21.3. The maximum absolute atomic E-state index is 12.8. The lowest BCUT2D eigenvalue weighted by atomic mass is 10.1. The van der Waals surface area contributed by atoms with Crippen LogP contribution in [0.15, 0.2) is 85.7 Å². The lowest BCUT2D eigenvalue weighted by molar-refractivity contribution is -0.111. The van der Waals surface area contributed by atoms with Crippen LogP contribution < -0.4 is 19.7 Å². The zero-order valence-corrected chi connectivity index (χ0v) is 21.3. The second kappa shape index (κ2) is 13.3. The number of rotatable bonds is 11. The maximum Gasteiger partial charge on any atom is 0.248 e. The van der Waals surface area contributed by atoms with Gasteiger partial charge in [-0.2, -0.15) is 0 Å². The molecule has 37 heavy (non-hydrogen) atoms. The van der Waals surface area contributed by atoms with E-state index in [-0.39, 0.29) is 5.91 Å². The van der Waals surface area contributed by atoms with Gasteiger partial charge in [0.1, 0.15) is 6.61 Å². The molecule has 2 aromatic carbocycles. The van der Waals surface area contributed by atoms with E-state index in [1.165, 1.54) is 11.6 Å². The van der Waals surface area contributed by atoms with Crippen molar-refractivity contribution in [3.63, 3.8) is 0 Å². The number of amides is 1. The van der Waals surface area contributed by atoms with Crippen LogP contribution in [0.25, 0.3) is 6.08 Å². The summed E-state index contributed by atoms with van der Waals surface area (Å²) in [6, 6.07) is 17.7. The van der Waals surface area contributed by atoms with Crippen LogP contribution in [0.2, 0.25) is 0 Å². The number of pyridine rings is 1. The Kier molecular flexibility index (Phi) is 9.32. The van der Waals surface area contributed by atoms with Crippen molar-refractivity contribution in [3.05, 3.63) is 96.8 Å². The number of carbonyl (C=O) groups excluding carboxylic acids is 1. The largest absolute Gasteiger partial charge is 0.493 e. The lowest BCUT2D eigenvalue weighted by Gasteiger charge is -2.37. The fourth-order valence-electron chi connectivity index (χ4n) is 4.31. The lowest BCUT2D eigenvalue weighted by Crippen LogP contribution is -2.47. The second-order valence-corrected chi connectivity index (χ2v) is 8.78. The first kappa shape index (κ1) is 26.0. The summed E-state index contributed by atoms with van der Waals surface area (Å²) in [4.78, 5) is 21.7. The van der Waals surface area contributed by atoms with Crippen molar-refractivity contribution in [2.75, 3.05) is 56.7 Å². The molecule has 0 aliphatic carbocycles. The number of benzene rings is 2. The highest BCUT2D eigenvalue weighted by molar-refractivity contribution is 6.03. The predicted octanol–water partition coefficient (Wildman–Crippen LogP) is 4.67. The summed E-state index contributed by atoms with van der Waals surface area (Å²) in [6.45, 7) is 8.90. The van der Waals surface area contributed by atoms with E-state index in [9.17, 15) is 4.79 Å². The van der Waals surface area contributed by atoms with Crippen LogP contribution in [0, 0.1) is 0 Å². The molecule has 2 heterocycles. The number of para-hydroxylation sites is 2. The summed E-state index contributed by atoms with van der Waals surface area (Å²) in [5.41, 5.74) is 4.01. The number of ether oxygens (including phenoxy) is 2. The van der Waals surface area contributed by atoms with Gasteiger partial charge >= 0.3 is 0 Å². The van der Waals surface area contributed by atoms with Crippen molar-refractivity contribution >= 4 is 23.4 Å². The van der Waals surface area contributed by atoms with Gasteiger partial charge in [-0.05, 0) is 60.0 Å². The average Bonchev–Trinajstić information content (AvgIpc) is 2.95. The molecule has 192 valence electrons. The monoisotopic (exact) mass is 498 g/mol. The number of aromatic nitrogens is 1. The number of hydrogen-bond donors (Lipinski definition) is 1. The van der Waals surface area contributed by atoms with Gasteiger partial charge in [0.15, 0.2) is 11.5 Å². The fraction of sp³-hybridized carbons (Fsp3) is 0.267. The molecule has 1 fully saturated rings. The summed E-state index contributed by atoms with van der Waals surface area (Å²) in [5, 5.41) is 3.05. The Morgan fingerprint density at radius 2 is 1.84 bits per heavy atom. The van der Waals surface area contributed by atoms with Crippen molar-refractivity contribution < 1.29 is 14.3 Å². The second-order valence-electron chi connectivity index (χ2n) is 8.78. The molecule has 0 unspecified atom stereocenters. The van der Waals surface area contributed by atoms with Gasteiger partial charge in [0.2, 0.25) is 5.91 Å². The molecular formula is C30H34N4O3. The molecule has 1 aliphatic rings. The molecule has 4 rings (SSSR count). The molecule has 0 atom stereocenters. The van der Waals surface area contributed by atoms with Crippen LogP contribution in [0.3, 0.4) is 0 Å². The smallest absolute Gasteiger partial charge is 0.248 e. The normalized spacial score (nSPS) is 13.9. The van der Waals surface area contributed by atoms with Gasteiger partial charge in [-0.25, -0.2) is 0 Å². The van der Waals surface area contributed by atoms with Gasteiger partial charge in [0, 0.05) is 51.2 Å². The quantitative estimate of drug-likeness (QED) is 0.306. The zero-order chi connectivity index (χ0) is 25.9. The highest BCUT2D eigenvalue weighted by Gasteiger charge is 2.19. The minimum Gasteiger partial charge on any atom is -0.493 e. The number of anilines is 2. The van der Waals surface area contributed by atoms with Gasteiger partial charge in [-0.3, -0.25) is 14.7 Å². The van der Waals surface area contributed by atoms with Gasteiger partial charge in [0.25, 0.3) is 0 Å². The molecule has 1 amide bonds. The first-order chi connectivity index (χ1) is 18.2. The van der Waals surface area contributed by atoms with Gasteiger partial charge in [0.05, 0.1) is 18.5 Å². The van der Waals surface area contributed by atoms with E-state index >= 15 is 0 Å². The van der Waals surface area contributed by atoms with Crippen LogP contribution in [-0.4, -0.2) is 62.2 Å². The van der Waals surface area contributed by atoms with Crippen LogP contribution in [0.4, 0.5) is 11.4 Å². The molecule has 1 aliphatic heterocycles. The first-order valence-corrected chi connectivity index (χ1v) is 12.5. The molecule has 7 nitrogen and oxygen atoms in total. The van der Waals surface area contributed by atoms with Gasteiger partial charge < -0.3 is 19.7 Å². The van der Waals surface area contributed by atoms with Crippen molar-refractivity contribution in [2.24, 2.45) is 0 Å². The Bertz CT molecular complexity index is 1200. The van der Waals surface area contributed by atoms with Gasteiger partial charge in [-0.15, -0.1) is 0 Å². The summed E-state index contributed by atoms with van der Waals surface area (Å²) in [5.74, 6) is 1.06. The number of methoxy groups -OCH3 is 1. The van der Waals surface area contributed by atoms with E-state index in [1.54, 1.807) is 19.3 Å². The third kappa shape index (κ3) is 7.44. The summed E-state index contributed by atoms with van der Waals surface area (Å²) in [6.07, 6.45) is 9.70. The Balaban J connectivity index is 1.33. The van der Waals surface area contributed by atoms with Crippen molar-refractivity contribution in [1.82, 2.24) is 9.88 Å². The topological polar surface area (TPSA) is 66.9 Å². The standard InChI is InChI=1S/C30H34N4O3/c1-3-22-37-28-10-8-25(23-29(28)36-2)9-11-30(35)32-26-6-4-5-7-27(26)34-20-18-33(19-21-34)17-14-24-12-15-31-16-13-24/h3-13,15-16,23H,1,14,17-22H2,2H3,(H,32,35). The third-order valence-electron chi connectivity index (χ3n) is 6.31. The molecule has 1 saturated heterocycles. The van der Waals surface area contributed by atoms with Gasteiger partial charge in [-0.1, -0.05) is 30.9 Å². The fourth-order valence-corrected chi connectivity index (χ4v) is 4.31. The molecule has 0 spiro atoms. The molecule has 3 aromatic rings. The van der Waals surface area contributed by atoms with E-state index in [4.69, 9.17) is 9.47 Å². The molecule has 1 N–H and O–H groups in total. The molecule has 0 radical (unpaired) electrons. The van der Waals surface area contributed by atoms with E-state index < -0.39 is 0 Å². The number of piperazine rings is 1. The number of nitrogens with zero attached hydrogens (tertiary/aromatic N) is 3. The SMILES string of the molecule is C=CCOc1ccc(C=CC(=O)Nc2ccccc2N2CCN(CCc3ccncc3)CC2)cc1OC. The highest BCUT2D eigenvalue weighted by Crippen LogP contribution is 2.29. The van der Waals surface area contributed by atoms with E-state index in [1.807, 2.05) is 48.8 Å². The predicted molar refractivity (Wildman–Crippen MR) is 149 cm³/mol. The Hall–Kier alpha value is -4.10.